The Morgan fingerprint density at radius 3 is 2.75 bits per heavy atom. The smallest absolute Gasteiger partial charge is 0.223 e. The fraction of sp³-hybridized carbons (Fsp3) is 0.222. The van der Waals surface area contributed by atoms with E-state index in [9.17, 15) is 4.79 Å². The molecule has 2 rings (SSSR count). The zero-order valence-electron chi connectivity index (χ0n) is 7.16. The largest absolute Gasteiger partial charge is 0.316 e. The number of anilines is 1. The van der Waals surface area contributed by atoms with E-state index in [2.05, 4.69) is 7.28 Å². The fourth-order valence-electron chi connectivity index (χ4n) is 1.17. The Hall–Kier alpha value is -1.25. The molecule has 59 valence electrons. The number of hydrogen-bond acceptors (Lipinski definition) is 1. The molecule has 0 fully saturated rings. The summed E-state index contributed by atoms with van der Waals surface area (Å²) >= 11 is 0. The highest BCUT2D eigenvalue weighted by Gasteiger charge is 2.19. The molecule has 0 aliphatic carbocycles. The van der Waals surface area contributed by atoms with Gasteiger partial charge in [-0.3, -0.25) is 4.79 Å². The molecule has 1 aliphatic rings. The fourth-order valence-corrected chi connectivity index (χ4v) is 1.17. The van der Waals surface area contributed by atoms with E-state index in [1.165, 1.54) is 10.9 Å². The molecule has 0 spiro atoms. The minimum atomic E-state index is 0.0654. The van der Waals surface area contributed by atoms with Gasteiger partial charge in [-0.05, 0) is 12.1 Å². The highest BCUT2D eigenvalue weighted by molar-refractivity contribution is 6.87. The average molecular weight is 158 g/mol. The molecule has 0 atom stereocenters. The maximum Gasteiger partial charge on any atom is 0.223 e. The van der Waals surface area contributed by atoms with Crippen LogP contribution in [-0.2, 0) is 4.79 Å². The molecular weight excluding hydrogens is 149 g/mol. The standard InChI is InChI=1S/C9H9BNO/c1-6(12)11(2)7-3-4-8-9(5-7)10-8/h3-5H,1-2H3. The third-order valence-corrected chi connectivity index (χ3v) is 2.16. The molecule has 1 aromatic rings. The van der Waals surface area contributed by atoms with Crippen LogP contribution in [-0.4, -0.2) is 20.2 Å². The van der Waals surface area contributed by atoms with Crippen LogP contribution in [0.4, 0.5) is 5.69 Å². The molecule has 0 aromatic heterocycles. The first-order valence-electron chi connectivity index (χ1n) is 3.91. The van der Waals surface area contributed by atoms with E-state index in [1.807, 2.05) is 18.2 Å². The summed E-state index contributed by atoms with van der Waals surface area (Å²) in [5, 5.41) is 0. The van der Waals surface area contributed by atoms with Crippen LogP contribution in [0.15, 0.2) is 18.2 Å². The average Bonchev–Trinajstić information content (AvgIpc) is 2.79. The molecule has 1 aromatic carbocycles. The Labute approximate surface area is 72.4 Å². The van der Waals surface area contributed by atoms with Crippen molar-refractivity contribution in [3.05, 3.63) is 18.2 Å². The number of carbonyl (C=O) groups excluding carboxylic acids is 1. The van der Waals surface area contributed by atoms with Gasteiger partial charge in [-0.1, -0.05) is 17.0 Å². The summed E-state index contributed by atoms with van der Waals surface area (Å²) in [7, 11) is 3.88. The van der Waals surface area contributed by atoms with Gasteiger partial charge in [0.05, 0.1) is 0 Å². The molecule has 0 saturated heterocycles. The van der Waals surface area contributed by atoms with Gasteiger partial charge in [0.25, 0.3) is 0 Å². The van der Waals surface area contributed by atoms with Crippen LogP contribution < -0.4 is 15.8 Å². The van der Waals surface area contributed by atoms with Gasteiger partial charge >= 0.3 is 0 Å². The molecule has 1 amide bonds. The number of carbonyl (C=O) groups is 1. The van der Waals surface area contributed by atoms with Crippen LogP contribution in [0, 0.1) is 0 Å². The van der Waals surface area contributed by atoms with E-state index in [1.54, 1.807) is 18.9 Å². The first-order chi connectivity index (χ1) is 5.68. The van der Waals surface area contributed by atoms with Crippen LogP contribution in [0.5, 0.6) is 0 Å². The molecule has 3 heteroatoms. The predicted molar refractivity (Wildman–Crippen MR) is 50.5 cm³/mol. The van der Waals surface area contributed by atoms with E-state index in [0.717, 1.165) is 5.69 Å². The molecular formula is C9H9BNO. The Bertz CT molecular complexity index is 348. The van der Waals surface area contributed by atoms with Crippen LogP contribution in [0.25, 0.3) is 0 Å². The third kappa shape index (κ3) is 1.11. The Morgan fingerprint density at radius 2 is 2.17 bits per heavy atom. The summed E-state index contributed by atoms with van der Waals surface area (Å²) in [6, 6.07) is 6.02. The van der Waals surface area contributed by atoms with Crippen molar-refractivity contribution < 1.29 is 4.79 Å². The zero-order chi connectivity index (χ0) is 8.72. The molecule has 0 bridgehead atoms. The molecule has 1 aliphatic heterocycles. The predicted octanol–water partition coefficient (Wildman–Crippen LogP) is -0.362. The van der Waals surface area contributed by atoms with Gasteiger partial charge in [-0.15, -0.1) is 0 Å². The SMILES string of the molecule is CC(=O)N(C)c1ccc2c(c1)[B]2. The van der Waals surface area contributed by atoms with Crippen molar-refractivity contribution in [3.8, 4) is 0 Å². The summed E-state index contributed by atoms with van der Waals surface area (Å²) in [4.78, 5) is 12.6. The molecule has 12 heavy (non-hydrogen) atoms. The van der Waals surface area contributed by atoms with Crippen LogP contribution in [0.2, 0.25) is 0 Å². The lowest BCUT2D eigenvalue weighted by Gasteiger charge is -2.13. The molecule has 1 heterocycles. The number of benzene rings is 1. The number of fused-ring (bicyclic) bond motifs is 1. The molecule has 1 radical (unpaired) electrons. The van der Waals surface area contributed by atoms with Gasteiger partial charge in [0.2, 0.25) is 5.91 Å². The van der Waals surface area contributed by atoms with E-state index >= 15 is 0 Å². The zero-order valence-corrected chi connectivity index (χ0v) is 7.16. The highest BCUT2D eigenvalue weighted by Crippen LogP contribution is 2.11. The van der Waals surface area contributed by atoms with Crippen molar-refractivity contribution >= 4 is 29.8 Å². The summed E-state index contributed by atoms with van der Waals surface area (Å²) < 4.78 is 0. The van der Waals surface area contributed by atoms with Crippen LogP contribution >= 0.6 is 0 Å². The monoisotopic (exact) mass is 158 g/mol. The quantitative estimate of drug-likeness (QED) is 0.519. The van der Waals surface area contributed by atoms with E-state index < -0.39 is 0 Å². The second kappa shape index (κ2) is 2.37. The normalized spacial score (nSPS) is 11.5. The summed E-state index contributed by atoms with van der Waals surface area (Å²) in [5.74, 6) is 0.0654. The van der Waals surface area contributed by atoms with E-state index in [-0.39, 0.29) is 5.91 Å². The Balaban J connectivity index is 2.30. The minimum Gasteiger partial charge on any atom is -0.316 e. The second-order valence-electron chi connectivity index (χ2n) is 3.04. The lowest BCUT2D eigenvalue weighted by Crippen LogP contribution is -2.23. The molecule has 0 unspecified atom stereocenters. The maximum absolute atomic E-state index is 11.0. The van der Waals surface area contributed by atoms with Gasteiger partial charge < -0.3 is 4.90 Å². The number of nitrogens with zero attached hydrogens (tertiary/aromatic N) is 1. The van der Waals surface area contributed by atoms with Gasteiger partial charge in [0.15, 0.2) is 7.28 Å². The van der Waals surface area contributed by atoms with Crippen molar-refractivity contribution in [2.75, 3.05) is 11.9 Å². The minimum absolute atomic E-state index is 0.0654. The van der Waals surface area contributed by atoms with Crippen molar-refractivity contribution in [1.82, 2.24) is 0 Å². The molecule has 2 nitrogen and oxygen atoms in total. The first-order valence-corrected chi connectivity index (χ1v) is 3.91. The van der Waals surface area contributed by atoms with Crippen LogP contribution in [0.1, 0.15) is 6.92 Å². The first kappa shape index (κ1) is 7.41. The summed E-state index contributed by atoms with van der Waals surface area (Å²) in [5.41, 5.74) is 3.51. The van der Waals surface area contributed by atoms with Crippen molar-refractivity contribution in [3.63, 3.8) is 0 Å². The lowest BCUT2D eigenvalue weighted by atomic mass is 10.00. The number of rotatable bonds is 1. The topological polar surface area (TPSA) is 20.3 Å². The Morgan fingerprint density at radius 1 is 1.42 bits per heavy atom. The molecule has 0 saturated carbocycles. The number of amides is 1. The molecule has 0 N–H and O–H groups in total. The second-order valence-corrected chi connectivity index (χ2v) is 3.04. The van der Waals surface area contributed by atoms with Crippen molar-refractivity contribution in [2.24, 2.45) is 0 Å². The van der Waals surface area contributed by atoms with Gasteiger partial charge in [-0.25, -0.2) is 0 Å². The van der Waals surface area contributed by atoms with Crippen molar-refractivity contribution in [2.45, 2.75) is 6.92 Å². The van der Waals surface area contributed by atoms with Gasteiger partial charge in [0.1, 0.15) is 0 Å². The summed E-state index contributed by atoms with van der Waals surface area (Å²) in [6.07, 6.45) is 0. The number of hydrogen-bond donors (Lipinski definition) is 0. The van der Waals surface area contributed by atoms with Crippen LogP contribution in [0.3, 0.4) is 0 Å². The van der Waals surface area contributed by atoms with Crippen molar-refractivity contribution in [1.29, 1.82) is 0 Å². The Kier molecular flexibility index (Phi) is 1.46. The van der Waals surface area contributed by atoms with Gasteiger partial charge in [-0.2, -0.15) is 0 Å². The maximum atomic E-state index is 11.0. The van der Waals surface area contributed by atoms with Gasteiger partial charge in [0, 0.05) is 19.7 Å². The summed E-state index contributed by atoms with van der Waals surface area (Å²) in [6.45, 7) is 1.56. The third-order valence-electron chi connectivity index (χ3n) is 2.16. The highest BCUT2D eigenvalue weighted by atomic mass is 16.2. The van der Waals surface area contributed by atoms with E-state index in [4.69, 9.17) is 0 Å². The lowest BCUT2D eigenvalue weighted by molar-refractivity contribution is -0.116. The van der Waals surface area contributed by atoms with E-state index in [0.29, 0.717) is 0 Å².